The average molecular weight is 213 g/mol. The van der Waals surface area contributed by atoms with Crippen LogP contribution >= 0.6 is 23.5 Å². The van der Waals surface area contributed by atoms with Crippen LogP contribution in [0.2, 0.25) is 0 Å². The molecule has 0 amide bonds. The van der Waals surface area contributed by atoms with Crippen molar-refractivity contribution in [3.05, 3.63) is 24.3 Å². The van der Waals surface area contributed by atoms with E-state index in [1.165, 1.54) is 9.79 Å². The molecule has 2 N–H and O–H groups in total. The minimum atomic E-state index is 0.788. The van der Waals surface area contributed by atoms with E-state index in [0.717, 1.165) is 18.7 Å². The fourth-order valence-electron chi connectivity index (χ4n) is 0.945. The molecule has 0 atom stereocenters. The summed E-state index contributed by atoms with van der Waals surface area (Å²) in [6, 6.07) is 8.67. The van der Waals surface area contributed by atoms with Crippen LogP contribution in [-0.4, -0.2) is 18.6 Å². The lowest BCUT2D eigenvalue weighted by Gasteiger charge is -2.01. The largest absolute Gasteiger partial charge is 0.330 e. The number of rotatable bonds is 5. The van der Waals surface area contributed by atoms with Gasteiger partial charge in [0.2, 0.25) is 0 Å². The Morgan fingerprint density at radius 1 is 1.15 bits per heavy atom. The fraction of sp³-hybridized carbons (Fsp3) is 0.400. The average Bonchev–Trinajstić information content (AvgIpc) is 2.19. The molecule has 0 aliphatic carbocycles. The molecule has 0 aromatic heterocycles. The molecule has 0 aliphatic rings. The Kier molecular flexibility index (Phi) is 5.35. The first kappa shape index (κ1) is 11.0. The van der Waals surface area contributed by atoms with E-state index < -0.39 is 0 Å². The molecular formula is C10H15NS2. The van der Waals surface area contributed by atoms with Crippen molar-refractivity contribution in [3.63, 3.8) is 0 Å². The monoisotopic (exact) mass is 213 g/mol. The maximum Gasteiger partial charge on any atom is 0.00727 e. The third kappa shape index (κ3) is 4.07. The number of thioether (sulfide) groups is 2. The third-order valence-corrected chi connectivity index (χ3v) is 3.52. The lowest BCUT2D eigenvalue weighted by atomic mass is 10.4. The van der Waals surface area contributed by atoms with Gasteiger partial charge in [-0.3, -0.25) is 0 Å². The molecule has 0 saturated carbocycles. The molecule has 0 heterocycles. The molecule has 0 fully saturated rings. The van der Waals surface area contributed by atoms with Gasteiger partial charge >= 0.3 is 0 Å². The topological polar surface area (TPSA) is 26.0 Å². The minimum absolute atomic E-state index is 0.788. The Hall–Kier alpha value is -0.120. The summed E-state index contributed by atoms with van der Waals surface area (Å²) in [6.07, 6.45) is 3.19. The summed E-state index contributed by atoms with van der Waals surface area (Å²) in [7, 11) is 0. The lowest BCUT2D eigenvalue weighted by Crippen LogP contribution is -1.99. The van der Waals surface area contributed by atoms with E-state index in [1.54, 1.807) is 11.8 Å². The first-order valence-corrected chi connectivity index (χ1v) is 6.55. The van der Waals surface area contributed by atoms with Gasteiger partial charge in [0.25, 0.3) is 0 Å². The van der Waals surface area contributed by atoms with Crippen LogP contribution in [0.25, 0.3) is 0 Å². The van der Waals surface area contributed by atoms with Gasteiger partial charge in [0.1, 0.15) is 0 Å². The normalized spacial score (nSPS) is 10.3. The summed E-state index contributed by atoms with van der Waals surface area (Å²) >= 11 is 3.65. The van der Waals surface area contributed by atoms with Crippen molar-refractivity contribution in [3.8, 4) is 0 Å². The van der Waals surface area contributed by atoms with E-state index in [2.05, 4.69) is 30.5 Å². The van der Waals surface area contributed by atoms with Crippen molar-refractivity contribution in [2.24, 2.45) is 5.73 Å². The maximum absolute atomic E-state index is 5.42. The predicted molar refractivity (Wildman–Crippen MR) is 62.6 cm³/mol. The van der Waals surface area contributed by atoms with Crippen molar-refractivity contribution >= 4 is 23.5 Å². The molecule has 0 radical (unpaired) electrons. The summed E-state index contributed by atoms with van der Waals surface area (Å²) in [5.41, 5.74) is 5.42. The molecule has 0 bridgehead atoms. The van der Waals surface area contributed by atoms with Crippen LogP contribution in [0.4, 0.5) is 0 Å². The van der Waals surface area contributed by atoms with E-state index >= 15 is 0 Å². The zero-order valence-corrected chi connectivity index (χ0v) is 9.46. The van der Waals surface area contributed by atoms with Gasteiger partial charge in [-0.25, -0.2) is 0 Å². The standard InChI is InChI=1S/C10H15NS2/c1-12-9-3-5-10(6-4-9)13-8-2-7-11/h3-6H,2,7-8,11H2,1H3. The number of nitrogens with two attached hydrogens (primary N) is 1. The van der Waals surface area contributed by atoms with Crippen molar-refractivity contribution in [1.29, 1.82) is 0 Å². The van der Waals surface area contributed by atoms with Gasteiger partial charge in [0.05, 0.1) is 0 Å². The van der Waals surface area contributed by atoms with E-state index in [9.17, 15) is 0 Å². The fourth-order valence-corrected chi connectivity index (χ4v) is 2.23. The second-order valence-electron chi connectivity index (χ2n) is 2.67. The SMILES string of the molecule is CSc1ccc(SCCCN)cc1. The van der Waals surface area contributed by atoms with Gasteiger partial charge in [-0.15, -0.1) is 23.5 Å². The second kappa shape index (κ2) is 6.35. The first-order valence-electron chi connectivity index (χ1n) is 4.33. The van der Waals surface area contributed by atoms with Crippen molar-refractivity contribution in [2.75, 3.05) is 18.6 Å². The molecule has 0 saturated heterocycles. The van der Waals surface area contributed by atoms with E-state index in [1.807, 2.05) is 11.8 Å². The Bertz CT molecular complexity index is 233. The van der Waals surface area contributed by atoms with Gasteiger partial charge in [-0.05, 0) is 49.2 Å². The Morgan fingerprint density at radius 3 is 2.31 bits per heavy atom. The molecule has 1 aromatic carbocycles. The summed E-state index contributed by atoms with van der Waals surface area (Å²) in [6.45, 7) is 0.788. The van der Waals surface area contributed by atoms with E-state index in [-0.39, 0.29) is 0 Å². The van der Waals surface area contributed by atoms with Crippen LogP contribution in [0.15, 0.2) is 34.1 Å². The number of hydrogen-bond donors (Lipinski definition) is 1. The van der Waals surface area contributed by atoms with Crippen LogP contribution in [0.1, 0.15) is 6.42 Å². The van der Waals surface area contributed by atoms with Crippen LogP contribution in [0.5, 0.6) is 0 Å². The number of hydrogen-bond acceptors (Lipinski definition) is 3. The van der Waals surface area contributed by atoms with Gasteiger partial charge in [-0.2, -0.15) is 0 Å². The molecule has 1 rings (SSSR count). The van der Waals surface area contributed by atoms with Gasteiger partial charge in [0.15, 0.2) is 0 Å². The Labute approximate surface area is 88.5 Å². The summed E-state index contributed by atoms with van der Waals surface area (Å²) in [5, 5.41) is 0. The van der Waals surface area contributed by atoms with Crippen LogP contribution in [-0.2, 0) is 0 Å². The molecule has 3 heteroatoms. The third-order valence-electron chi connectivity index (χ3n) is 1.68. The van der Waals surface area contributed by atoms with Crippen LogP contribution in [0, 0.1) is 0 Å². The van der Waals surface area contributed by atoms with Crippen LogP contribution < -0.4 is 5.73 Å². The predicted octanol–water partition coefficient (Wildman–Crippen LogP) is 2.85. The second-order valence-corrected chi connectivity index (χ2v) is 4.71. The molecule has 72 valence electrons. The summed E-state index contributed by atoms with van der Waals surface area (Å²) in [5.74, 6) is 1.12. The van der Waals surface area contributed by atoms with E-state index in [4.69, 9.17) is 5.73 Å². The molecular weight excluding hydrogens is 198 g/mol. The quantitative estimate of drug-likeness (QED) is 0.601. The maximum atomic E-state index is 5.42. The lowest BCUT2D eigenvalue weighted by molar-refractivity contribution is 0.943. The van der Waals surface area contributed by atoms with Gasteiger partial charge in [-0.1, -0.05) is 0 Å². The van der Waals surface area contributed by atoms with Crippen molar-refractivity contribution in [1.82, 2.24) is 0 Å². The zero-order chi connectivity index (χ0) is 9.52. The Balaban J connectivity index is 2.40. The molecule has 13 heavy (non-hydrogen) atoms. The molecule has 0 spiro atoms. The van der Waals surface area contributed by atoms with E-state index in [0.29, 0.717) is 0 Å². The van der Waals surface area contributed by atoms with Gasteiger partial charge in [0, 0.05) is 9.79 Å². The van der Waals surface area contributed by atoms with Crippen molar-refractivity contribution in [2.45, 2.75) is 16.2 Å². The highest BCUT2D eigenvalue weighted by Gasteiger charge is 1.93. The van der Waals surface area contributed by atoms with Gasteiger partial charge < -0.3 is 5.73 Å². The first-order chi connectivity index (χ1) is 6.36. The minimum Gasteiger partial charge on any atom is -0.330 e. The smallest absolute Gasteiger partial charge is 0.00727 e. The van der Waals surface area contributed by atoms with Crippen LogP contribution in [0.3, 0.4) is 0 Å². The highest BCUT2D eigenvalue weighted by atomic mass is 32.2. The molecule has 0 unspecified atom stereocenters. The molecule has 0 aliphatic heterocycles. The zero-order valence-electron chi connectivity index (χ0n) is 7.82. The highest BCUT2D eigenvalue weighted by molar-refractivity contribution is 7.99. The Morgan fingerprint density at radius 2 is 1.77 bits per heavy atom. The molecule has 1 nitrogen and oxygen atoms in total. The van der Waals surface area contributed by atoms with Crippen molar-refractivity contribution < 1.29 is 0 Å². The summed E-state index contributed by atoms with van der Waals surface area (Å²) in [4.78, 5) is 2.66. The highest BCUT2D eigenvalue weighted by Crippen LogP contribution is 2.22. The summed E-state index contributed by atoms with van der Waals surface area (Å²) < 4.78 is 0. The molecule has 1 aromatic rings. The number of benzene rings is 1.